The summed E-state index contributed by atoms with van der Waals surface area (Å²) in [6, 6.07) is 5.68. The van der Waals surface area contributed by atoms with E-state index in [-0.39, 0.29) is 5.84 Å². The summed E-state index contributed by atoms with van der Waals surface area (Å²) < 4.78 is 0.851. The minimum Gasteiger partial charge on any atom is -0.714 e. The van der Waals surface area contributed by atoms with E-state index in [0.717, 1.165) is 20.9 Å². The molecule has 1 aliphatic heterocycles. The summed E-state index contributed by atoms with van der Waals surface area (Å²) in [7, 11) is 0. The minimum atomic E-state index is -0.778. The van der Waals surface area contributed by atoms with Crippen molar-refractivity contribution in [1.29, 1.82) is 0 Å². The lowest BCUT2D eigenvalue weighted by atomic mass is 9.84. The van der Waals surface area contributed by atoms with Gasteiger partial charge in [0.15, 0.2) is 5.54 Å². The van der Waals surface area contributed by atoms with Gasteiger partial charge in [-0.1, -0.05) is 23.3 Å². The van der Waals surface area contributed by atoms with Crippen LogP contribution in [0.4, 0.5) is 0 Å². The van der Waals surface area contributed by atoms with E-state index in [2.05, 4.69) is 0 Å². The number of nitrogens with zero attached hydrogens (tertiary/aromatic N) is 2. The van der Waals surface area contributed by atoms with Crippen LogP contribution >= 0.6 is 0 Å². The van der Waals surface area contributed by atoms with Gasteiger partial charge in [-0.3, -0.25) is 4.74 Å². The molecule has 2 rings (SSSR count). The second kappa shape index (κ2) is 4.88. The van der Waals surface area contributed by atoms with Crippen molar-refractivity contribution in [2.24, 2.45) is 0 Å². The second-order valence-electron chi connectivity index (χ2n) is 6.60. The first-order valence-electron chi connectivity index (χ1n) is 7.20. The van der Waals surface area contributed by atoms with Gasteiger partial charge in [-0.05, 0) is 64.8 Å². The first kappa shape index (κ1) is 15.6. The average molecular weight is 287 g/mol. The second-order valence-corrected chi connectivity index (χ2v) is 6.60. The van der Waals surface area contributed by atoms with E-state index in [1.807, 2.05) is 44.2 Å². The predicted octanol–water partition coefficient (Wildman–Crippen LogP) is 3.50. The highest BCUT2D eigenvalue weighted by Gasteiger charge is 2.59. The largest absolute Gasteiger partial charge is 0.714 e. The maximum atomic E-state index is 12.6. The Kier molecular flexibility index (Phi) is 3.62. The van der Waals surface area contributed by atoms with Crippen molar-refractivity contribution < 1.29 is 9.95 Å². The molecule has 1 aromatic rings. The van der Waals surface area contributed by atoms with Crippen molar-refractivity contribution in [3.8, 4) is 0 Å². The molecule has 0 unspecified atom stereocenters. The van der Waals surface area contributed by atoms with Crippen molar-refractivity contribution >= 4 is 11.9 Å². The van der Waals surface area contributed by atoms with Crippen molar-refractivity contribution in [3.63, 3.8) is 0 Å². The van der Waals surface area contributed by atoms with Gasteiger partial charge in [0.2, 0.25) is 0 Å². The summed E-state index contributed by atoms with van der Waals surface area (Å²) in [6.45, 7) is 11.2. The standard InChI is InChI=1S/C17H23N2O2/c1-7-8-13-9-10-14(11-12(13)2)15-18(20)16(3,4)17(5,6)19(15)21/h7-11H,1-6H3/b8-7+. The lowest BCUT2D eigenvalue weighted by molar-refractivity contribution is -0.539. The van der Waals surface area contributed by atoms with Crippen LogP contribution in [0.1, 0.15) is 51.3 Å². The Bertz CT molecular complexity index is 628. The molecule has 1 radical (unpaired) electrons. The van der Waals surface area contributed by atoms with E-state index in [0.29, 0.717) is 5.56 Å². The van der Waals surface area contributed by atoms with Gasteiger partial charge in [0, 0.05) is 5.21 Å². The zero-order chi connectivity index (χ0) is 16.0. The molecule has 0 saturated heterocycles. The Balaban J connectivity index is 2.57. The Hall–Kier alpha value is -1.81. The molecule has 0 bridgehead atoms. The zero-order valence-electron chi connectivity index (χ0n) is 13.6. The SMILES string of the molecule is C/C=C/c1ccc(C2=[N+]([O-])C(C)(C)C(C)(C)N2[O])cc1C. The molecule has 113 valence electrons. The third kappa shape index (κ3) is 2.14. The number of amidine groups is 1. The molecule has 4 nitrogen and oxygen atoms in total. The summed E-state index contributed by atoms with van der Waals surface area (Å²) >= 11 is 0. The molecular weight excluding hydrogens is 264 g/mol. The molecule has 0 spiro atoms. The molecule has 4 heteroatoms. The smallest absolute Gasteiger partial charge is 0.316 e. The summed E-state index contributed by atoms with van der Waals surface area (Å²) in [5, 5.41) is 26.1. The molecule has 1 aliphatic rings. The van der Waals surface area contributed by atoms with Gasteiger partial charge >= 0.3 is 5.84 Å². The van der Waals surface area contributed by atoms with E-state index < -0.39 is 11.1 Å². The lowest BCUT2D eigenvalue weighted by Gasteiger charge is -2.32. The molecular formula is C17H23N2O2. The number of hydrogen-bond donors (Lipinski definition) is 0. The van der Waals surface area contributed by atoms with Crippen LogP contribution in [0.3, 0.4) is 0 Å². The van der Waals surface area contributed by atoms with Crippen LogP contribution in [0.5, 0.6) is 0 Å². The average Bonchev–Trinajstić information content (AvgIpc) is 2.52. The summed E-state index contributed by atoms with van der Waals surface area (Å²) in [4.78, 5) is 0. The lowest BCUT2D eigenvalue weighted by Crippen LogP contribution is -2.53. The van der Waals surface area contributed by atoms with Crippen molar-refractivity contribution in [2.45, 2.75) is 52.6 Å². The van der Waals surface area contributed by atoms with Crippen LogP contribution < -0.4 is 0 Å². The quantitative estimate of drug-likeness (QED) is 0.617. The fraction of sp³-hybridized carbons (Fsp3) is 0.471. The molecule has 0 aliphatic carbocycles. The fourth-order valence-corrected chi connectivity index (χ4v) is 2.52. The number of benzene rings is 1. The maximum absolute atomic E-state index is 12.6. The van der Waals surface area contributed by atoms with Crippen LogP contribution in [-0.4, -0.2) is 26.7 Å². The number of allylic oxidation sites excluding steroid dienone is 1. The molecule has 0 saturated carbocycles. The molecule has 0 fully saturated rings. The van der Waals surface area contributed by atoms with Crippen LogP contribution in [-0.2, 0) is 5.21 Å². The summed E-state index contributed by atoms with van der Waals surface area (Å²) in [5.41, 5.74) is 1.25. The van der Waals surface area contributed by atoms with Gasteiger partial charge in [-0.2, -0.15) is 0 Å². The van der Waals surface area contributed by atoms with Gasteiger partial charge < -0.3 is 5.21 Å². The van der Waals surface area contributed by atoms with E-state index in [1.54, 1.807) is 27.7 Å². The normalized spacial score (nSPS) is 20.6. The highest BCUT2D eigenvalue weighted by molar-refractivity contribution is 5.96. The van der Waals surface area contributed by atoms with E-state index in [1.165, 1.54) is 0 Å². The number of hydrogen-bond acceptors (Lipinski definition) is 2. The van der Waals surface area contributed by atoms with E-state index in [9.17, 15) is 10.4 Å². The fourth-order valence-electron chi connectivity index (χ4n) is 2.52. The third-order valence-corrected chi connectivity index (χ3v) is 4.77. The first-order valence-corrected chi connectivity index (χ1v) is 7.20. The topological polar surface area (TPSA) is 49.2 Å². The molecule has 21 heavy (non-hydrogen) atoms. The van der Waals surface area contributed by atoms with Gasteiger partial charge in [-0.15, -0.1) is 0 Å². The Morgan fingerprint density at radius 1 is 1.24 bits per heavy atom. The molecule has 0 atom stereocenters. The molecule has 1 aromatic carbocycles. The van der Waals surface area contributed by atoms with Crippen molar-refractivity contribution in [1.82, 2.24) is 5.06 Å². The number of hydroxylamine groups is 3. The van der Waals surface area contributed by atoms with Crippen LogP contribution in [0, 0.1) is 12.1 Å². The summed E-state index contributed by atoms with van der Waals surface area (Å²) in [6.07, 6.45) is 3.98. The van der Waals surface area contributed by atoms with Crippen LogP contribution in [0.25, 0.3) is 6.08 Å². The highest BCUT2D eigenvalue weighted by Crippen LogP contribution is 2.37. The summed E-state index contributed by atoms with van der Waals surface area (Å²) in [5.74, 6) is 0.195. The Labute approximate surface area is 126 Å². The Morgan fingerprint density at radius 2 is 1.86 bits per heavy atom. The maximum Gasteiger partial charge on any atom is 0.316 e. The van der Waals surface area contributed by atoms with Gasteiger partial charge in [0.25, 0.3) is 0 Å². The molecule has 0 N–H and O–H groups in total. The van der Waals surface area contributed by atoms with E-state index >= 15 is 0 Å². The molecule has 1 heterocycles. The molecule has 0 amide bonds. The van der Waals surface area contributed by atoms with E-state index in [4.69, 9.17) is 0 Å². The zero-order valence-corrected chi connectivity index (χ0v) is 13.6. The third-order valence-electron chi connectivity index (χ3n) is 4.77. The number of aryl methyl sites for hydroxylation is 1. The Morgan fingerprint density at radius 3 is 2.29 bits per heavy atom. The van der Waals surface area contributed by atoms with Crippen molar-refractivity contribution in [3.05, 3.63) is 46.2 Å². The van der Waals surface area contributed by atoms with Crippen LogP contribution in [0.15, 0.2) is 24.3 Å². The monoisotopic (exact) mass is 287 g/mol. The predicted molar refractivity (Wildman–Crippen MR) is 84.3 cm³/mol. The van der Waals surface area contributed by atoms with Gasteiger partial charge in [-0.25, -0.2) is 0 Å². The molecule has 0 aromatic heterocycles. The van der Waals surface area contributed by atoms with Crippen LogP contribution in [0.2, 0.25) is 0 Å². The van der Waals surface area contributed by atoms with Gasteiger partial charge in [0.05, 0.1) is 5.56 Å². The first-order chi connectivity index (χ1) is 9.64. The highest BCUT2D eigenvalue weighted by atomic mass is 16.5. The van der Waals surface area contributed by atoms with Gasteiger partial charge in [0.1, 0.15) is 5.54 Å². The van der Waals surface area contributed by atoms with Crippen molar-refractivity contribution in [2.75, 3.05) is 0 Å². The number of rotatable bonds is 2. The minimum absolute atomic E-state index is 0.195.